The van der Waals surface area contributed by atoms with Gasteiger partial charge in [0.1, 0.15) is 0 Å². The smallest absolute Gasteiger partial charge is 0.153 e. The summed E-state index contributed by atoms with van der Waals surface area (Å²) in [7, 11) is 0. The summed E-state index contributed by atoms with van der Waals surface area (Å²) in [6.45, 7) is 4.91. The van der Waals surface area contributed by atoms with E-state index in [2.05, 4.69) is 39.2 Å². The molecule has 1 saturated heterocycles. The van der Waals surface area contributed by atoms with Gasteiger partial charge in [-0.1, -0.05) is 30.3 Å². The molecule has 0 saturated carbocycles. The zero-order valence-corrected chi connectivity index (χ0v) is 14.2. The minimum atomic E-state index is 0.830. The average molecular weight is 334 g/mol. The third kappa shape index (κ3) is 3.95. The SMILES string of the molecule is c1ccc(-n2cc(-c3ccc(CCN4CCOCC4)cc3)cn2)nc1. The lowest BCUT2D eigenvalue weighted by Gasteiger charge is -2.26. The van der Waals surface area contributed by atoms with Crippen LogP contribution >= 0.6 is 0 Å². The van der Waals surface area contributed by atoms with Crippen LogP contribution in [0.4, 0.5) is 0 Å². The average Bonchev–Trinajstić information content (AvgIpc) is 3.19. The van der Waals surface area contributed by atoms with E-state index in [1.807, 2.05) is 35.3 Å². The van der Waals surface area contributed by atoms with E-state index in [0.717, 1.165) is 50.7 Å². The van der Waals surface area contributed by atoms with Gasteiger partial charge < -0.3 is 4.74 Å². The number of hydrogen-bond acceptors (Lipinski definition) is 4. The summed E-state index contributed by atoms with van der Waals surface area (Å²) < 4.78 is 7.20. The van der Waals surface area contributed by atoms with Gasteiger partial charge in [0.25, 0.3) is 0 Å². The van der Waals surface area contributed by atoms with E-state index in [0.29, 0.717) is 0 Å². The van der Waals surface area contributed by atoms with E-state index < -0.39 is 0 Å². The molecule has 3 aromatic rings. The lowest BCUT2D eigenvalue weighted by Crippen LogP contribution is -2.37. The molecule has 0 aliphatic carbocycles. The number of aromatic nitrogens is 3. The minimum Gasteiger partial charge on any atom is -0.379 e. The fraction of sp³-hybridized carbons (Fsp3) is 0.300. The quantitative estimate of drug-likeness (QED) is 0.720. The Morgan fingerprint density at radius 3 is 2.56 bits per heavy atom. The summed E-state index contributed by atoms with van der Waals surface area (Å²) in [5, 5.41) is 4.42. The summed E-state index contributed by atoms with van der Waals surface area (Å²) in [6, 6.07) is 14.6. The molecule has 1 aliphatic rings. The summed E-state index contributed by atoms with van der Waals surface area (Å²) in [5.74, 6) is 0.830. The van der Waals surface area contributed by atoms with Crippen molar-refractivity contribution < 1.29 is 4.74 Å². The van der Waals surface area contributed by atoms with Gasteiger partial charge >= 0.3 is 0 Å². The summed E-state index contributed by atoms with van der Waals surface area (Å²) in [5.41, 5.74) is 3.65. The first kappa shape index (κ1) is 16.0. The van der Waals surface area contributed by atoms with Crippen LogP contribution in [-0.2, 0) is 11.2 Å². The first-order chi connectivity index (χ1) is 12.4. The highest BCUT2D eigenvalue weighted by atomic mass is 16.5. The number of ether oxygens (including phenoxy) is 1. The van der Waals surface area contributed by atoms with Crippen LogP contribution in [0, 0.1) is 0 Å². The fourth-order valence-electron chi connectivity index (χ4n) is 3.06. The highest BCUT2D eigenvalue weighted by molar-refractivity contribution is 5.62. The van der Waals surface area contributed by atoms with Gasteiger partial charge in [-0.3, -0.25) is 4.90 Å². The molecule has 3 heterocycles. The van der Waals surface area contributed by atoms with Gasteiger partial charge in [-0.2, -0.15) is 5.10 Å². The van der Waals surface area contributed by atoms with Gasteiger partial charge in [-0.25, -0.2) is 9.67 Å². The summed E-state index contributed by atoms with van der Waals surface area (Å²) in [6.07, 6.45) is 6.76. The minimum absolute atomic E-state index is 0.830. The van der Waals surface area contributed by atoms with Crippen molar-refractivity contribution in [1.29, 1.82) is 0 Å². The maximum absolute atomic E-state index is 5.40. The van der Waals surface area contributed by atoms with Gasteiger partial charge in [0.2, 0.25) is 0 Å². The Balaban J connectivity index is 1.41. The largest absolute Gasteiger partial charge is 0.379 e. The predicted molar refractivity (Wildman–Crippen MR) is 97.8 cm³/mol. The van der Waals surface area contributed by atoms with Crippen molar-refractivity contribution in [1.82, 2.24) is 19.7 Å². The van der Waals surface area contributed by atoms with E-state index in [4.69, 9.17) is 4.74 Å². The van der Waals surface area contributed by atoms with Gasteiger partial charge in [-0.15, -0.1) is 0 Å². The molecule has 0 radical (unpaired) electrons. The molecule has 2 aromatic heterocycles. The van der Waals surface area contributed by atoms with Gasteiger partial charge in [0, 0.05) is 37.6 Å². The monoisotopic (exact) mass is 334 g/mol. The molecule has 25 heavy (non-hydrogen) atoms. The van der Waals surface area contributed by atoms with Crippen LogP contribution in [0.15, 0.2) is 61.1 Å². The van der Waals surface area contributed by atoms with Crippen molar-refractivity contribution >= 4 is 0 Å². The van der Waals surface area contributed by atoms with Crippen molar-refractivity contribution in [3.8, 4) is 16.9 Å². The van der Waals surface area contributed by atoms with Crippen LogP contribution in [0.2, 0.25) is 0 Å². The number of rotatable bonds is 5. The number of morpholine rings is 1. The standard InChI is InChI=1S/C20H22N4O/c1-2-9-21-20(3-1)24-16-19(15-22-24)18-6-4-17(5-7-18)8-10-23-11-13-25-14-12-23/h1-7,9,15-16H,8,10-14H2. The van der Waals surface area contributed by atoms with Crippen LogP contribution in [0.25, 0.3) is 16.9 Å². The topological polar surface area (TPSA) is 43.2 Å². The second-order valence-electron chi connectivity index (χ2n) is 6.26. The van der Waals surface area contributed by atoms with Crippen LogP contribution in [0.5, 0.6) is 0 Å². The molecule has 0 amide bonds. The Labute approximate surface area is 147 Å². The third-order valence-corrected chi connectivity index (χ3v) is 4.57. The maximum Gasteiger partial charge on any atom is 0.153 e. The molecule has 0 spiro atoms. The summed E-state index contributed by atoms with van der Waals surface area (Å²) >= 11 is 0. The highest BCUT2D eigenvalue weighted by Gasteiger charge is 2.10. The van der Waals surface area contributed by atoms with Crippen LogP contribution in [-0.4, -0.2) is 52.5 Å². The Hall–Kier alpha value is -2.50. The van der Waals surface area contributed by atoms with E-state index in [9.17, 15) is 0 Å². The molecule has 1 aliphatic heterocycles. The van der Waals surface area contributed by atoms with E-state index in [-0.39, 0.29) is 0 Å². The molecule has 128 valence electrons. The second kappa shape index (κ2) is 7.59. The molecule has 0 unspecified atom stereocenters. The summed E-state index contributed by atoms with van der Waals surface area (Å²) in [4.78, 5) is 6.79. The maximum atomic E-state index is 5.40. The number of pyridine rings is 1. The molecule has 0 bridgehead atoms. The molecule has 5 heteroatoms. The van der Waals surface area contributed by atoms with Crippen LogP contribution in [0.3, 0.4) is 0 Å². The highest BCUT2D eigenvalue weighted by Crippen LogP contribution is 2.20. The molecule has 1 fully saturated rings. The molecule has 0 N–H and O–H groups in total. The Morgan fingerprint density at radius 1 is 0.960 bits per heavy atom. The first-order valence-corrected chi connectivity index (χ1v) is 8.74. The molecule has 1 aromatic carbocycles. The van der Waals surface area contributed by atoms with Gasteiger partial charge in [-0.05, 0) is 29.7 Å². The van der Waals surface area contributed by atoms with Gasteiger partial charge in [0.05, 0.1) is 19.4 Å². The van der Waals surface area contributed by atoms with Crippen LogP contribution in [0.1, 0.15) is 5.56 Å². The third-order valence-electron chi connectivity index (χ3n) is 4.57. The number of hydrogen-bond donors (Lipinski definition) is 0. The number of benzene rings is 1. The fourth-order valence-corrected chi connectivity index (χ4v) is 3.06. The van der Waals surface area contributed by atoms with Crippen LogP contribution < -0.4 is 0 Å². The van der Waals surface area contributed by atoms with Crippen molar-refractivity contribution in [2.45, 2.75) is 6.42 Å². The predicted octanol–water partition coefficient (Wildman–Crippen LogP) is 2.81. The second-order valence-corrected chi connectivity index (χ2v) is 6.26. The molecular formula is C20H22N4O. The van der Waals surface area contributed by atoms with Crippen molar-refractivity contribution in [3.05, 3.63) is 66.6 Å². The van der Waals surface area contributed by atoms with E-state index >= 15 is 0 Å². The Morgan fingerprint density at radius 2 is 1.80 bits per heavy atom. The molecule has 4 rings (SSSR count). The zero-order chi connectivity index (χ0) is 16.9. The normalized spacial score (nSPS) is 15.4. The molecule has 0 atom stereocenters. The van der Waals surface area contributed by atoms with Crippen molar-refractivity contribution in [2.75, 3.05) is 32.8 Å². The lowest BCUT2D eigenvalue weighted by atomic mass is 10.1. The molecular weight excluding hydrogens is 312 g/mol. The van der Waals surface area contributed by atoms with E-state index in [1.165, 1.54) is 11.1 Å². The zero-order valence-electron chi connectivity index (χ0n) is 14.2. The lowest BCUT2D eigenvalue weighted by molar-refractivity contribution is 0.0384. The van der Waals surface area contributed by atoms with Crippen molar-refractivity contribution in [3.63, 3.8) is 0 Å². The van der Waals surface area contributed by atoms with Gasteiger partial charge in [0.15, 0.2) is 5.82 Å². The Kier molecular flexibility index (Phi) is 4.86. The molecule has 5 nitrogen and oxygen atoms in total. The number of nitrogens with zero attached hydrogens (tertiary/aromatic N) is 4. The first-order valence-electron chi connectivity index (χ1n) is 8.74. The van der Waals surface area contributed by atoms with Crippen molar-refractivity contribution in [2.24, 2.45) is 0 Å². The Bertz CT molecular complexity index is 792. The van der Waals surface area contributed by atoms with E-state index in [1.54, 1.807) is 6.20 Å².